The summed E-state index contributed by atoms with van der Waals surface area (Å²) in [5.74, 6) is -0.611. The van der Waals surface area contributed by atoms with Gasteiger partial charge in [-0.1, -0.05) is 30.3 Å². The molecule has 2 rings (SSSR count). The molecule has 1 aromatic carbocycles. The summed E-state index contributed by atoms with van der Waals surface area (Å²) in [5, 5.41) is 9.17. The zero-order valence-electron chi connectivity index (χ0n) is 11.9. The van der Waals surface area contributed by atoms with Crippen LogP contribution in [-0.4, -0.2) is 39.1 Å². The van der Waals surface area contributed by atoms with Gasteiger partial charge in [0.1, 0.15) is 6.04 Å². The van der Waals surface area contributed by atoms with Crippen LogP contribution in [0.4, 0.5) is 0 Å². The highest BCUT2D eigenvalue weighted by atomic mass is 32.2. The molecule has 0 bridgehead atoms. The van der Waals surface area contributed by atoms with Crippen molar-refractivity contribution in [2.24, 2.45) is 0 Å². The minimum atomic E-state index is -0.931. The standard InChI is InChI=1S/C15H19NO3S/c1-10-16(12(9-20-10)13(17)18)14(19)15(2,3)11-7-5-4-6-8-11/h4-8,10,12H,9H2,1-3H3,(H,17,18). The number of rotatable bonds is 3. The Balaban J connectivity index is 2.32. The van der Waals surface area contributed by atoms with Gasteiger partial charge >= 0.3 is 5.97 Å². The van der Waals surface area contributed by atoms with Crippen LogP contribution < -0.4 is 0 Å². The van der Waals surface area contributed by atoms with E-state index in [0.717, 1.165) is 5.56 Å². The lowest BCUT2D eigenvalue weighted by atomic mass is 9.83. The summed E-state index contributed by atoms with van der Waals surface area (Å²) in [6.07, 6.45) is 0. The van der Waals surface area contributed by atoms with E-state index in [1.54, 1.807) is 0 Å². The van der Waals surface area contributed by atoms with Gasteiger partial charge in [-0.25, -0.2) is 4.79 Å². The molecule has 1 saturated heterocycles. The number of amides is 1. The maximum absolute atomic E-state index is 12.8. The lowest BCUT2D eigenvalue weighted by Crippen LogP contribution is -2.51. The number of carboxylic acid groups (broad SMARTS) is 1. The number of hydrogen-bond acceptors (Lipinski definition) is 3. The zero-order chi connectivity index (χ0) is 14.9. The largest absolute Gasteiger partial charge is 0.480 e. The fourth-order valence-electron chi connectivity index (χ4n) is 2.44. The Morgan fingerprint density at radius 1 is 1.30 bits per heavy atom. The maximum atomic E-state index is 12.8. The van der Waals surface area contributed by atoms with Gasteiger partial charge in [0.25, 0.3) is 0 Å². The van der Waals surface area contributed by atoms with Crippen LogP contribution in [0.1, 0.15) is 26.3 Å². The van der Waals surface area contributed by atoms with E-state index in [9.17, 15) is 14.7 Å². The van der Waals surface area contributed by atoms with Crippen molar-refractivity contribution in [3.05, 3.63) is 35.9 Å². The van der Waals surface area contributed by atoms with Crippen LogP contribution in [0, 0.1) is 0 Å². The van der Waals surface area contributed by atoms with Crippen LogP contribution in [0.3, 0.4) is 0 Å². The van der Waals surface area contributed by atoms with Gasteiger partial charge in [0, 0.05) is 5.75 Å². The molecule has 20 heavy (non-hydrogen) atoms. The van der Waals surface area contributed by atoms with Crippen LogP contribution in [0.2, 0.25) is 0 Å². The molecule has 1 fully saturated rings. The Hall–Kier alpha value is -1.49. The van der Waals surface area contributed by atoms with E-state index in [4.69, 9.17) is 0 Å². The number of carbonyl (C=O) groups is 2. The van der Waals surface area contributed by atoms with E-state index in [1.165, 1.54) is 16.7 Å². The molecule has 2 atom stereocenters. The third-order valence-corrected chi connectivity index (χ3v) is 4.99. The number of thioether (sulfide) groups is 1. The first kappa shape index (κ1) is 14.9. The normalized spacial score (nSPS) is 22.9. The van der Waals surface area contributed by atoms with Crippen molar-refractivity contribution in [2.75, 3.05) is 5.75 Å². The Kier molecular flexibility index (Phi) is 4.09. The number of carbonyl (C=O) groups excluding carboxylic acids is 1. The Labute approximate surface area is 123 Å². The summed E-state index contributed by atoms with van der Waals surface area (Å²) in [4.78, 5) is 25.7. The van der Waals surface area contributed by atoms with E-state index >= 15 is 0 Å². The van der Waals surface area contributed by atoms with E-state index in [1.807, 2.05) is 51.1 Å². The Morgan fingerprint density at radius 2 is 1.90 bits per heavy atom. The van der Waals surface area contributed by atoms with Crippen molar-refractivity contribution in [3.8, 4) is 0 Å². The molecule has 0 aromatic heterocycles. The van der Waals surface area contributed by atoms with Crippen molar-refractivity contribution in [1.29, 1.82) is 0 Å². The van der Waals surface area contributed by atoms with Crippen LogP contribution in [0.5, 0.6) is 0 Å². The molecule has 5 heteroatoms. The lowest BCUT2D eigenvalue weighted by Gasteiger charge is -2.34. The van der Waals surface area contributed by atoms with Crippen LogP contribution in [-0.2, 0) is 15.0 Å². The summed E-state index contributed by atoms with van der Waals surface area (Å²) >= 11 is 1.51. The number of hydrogen-bond donors (Lipinski definition) is 1. The Morgan fingerprint density at radius 3 is 2.45 bits per heavy atom. The van der Waals surface area contributed by atoms with E-state index < -0.39 is 17.4 Å². The fraction of sp³-hybridized carbons (Fsp3) is 0.467. The van der Waals surface area contributed by atoms with Gasteiger partial charge in [-0.05, 0) is 26.3 Å². The van der Waals surface area contributed by atoms with Crippen molar-refractivity contribution < 1.29 is 14.7 Å². The molecule has 108 valence electrons. The molecule has 0 radical (unpaired) electrons. The lowest BCUT2D eigenvalue weighted by molar-refractivity contribution is -0.151. The summed E-state index contributed by atoms with van der Waals surface area (Å²) in [6, 6.07) is 8.76. The molecule has 0 saturated carbocycles. The van der Waals surface area contributed by atoms with Crippen molar-refractivity contribution >= 4 is 23.6 Å². The third kappa shape index (κ3) is 2.54. The maximum Gasteiger partial charge on any atom is 0.327 e. The predicted octanol–water partition coefficient (Wildman–Crippen LogP) is 2.34. The predicted molar refractivity (Wildman–Crippen MR) is 79.7 cm³/mol. The van der Waals surface area contributed by atoms with Gasteiger partial charge < -0.3 is 10.0 Å². The number of nitrogens with zero attached hydrogens (tertiary/aromatic N) is 1. The SMILES string of the molecule is CC1SCC(C(=O)O)N1C(=O)C(C)(C)c1ccccc1. The Bertz CT molecular complexity index is 515. The number of carboxylic acids is 1. The van der Waals surface area contributed by atoms with Crippen LogP contribution >= 0.6 is 11.8 Å². The molecule has 1 heterocycles. The average Bonchev–Trinajstić information content (AvgIpc) is 2.80. The molecular formula is C15H19NO3S. The number of benzene rings is 1. The molecule has 1 N–H and O–H groups in total. The van der Waals surface area contributed by atoms with Crippen molar-refractivity contribution in [2.45, 2.75) is 37.6 Å². The molecule has 1 aromatic rings. The molecule has 4 nitrogen and oxygen atoms in total. The molecular weight excluding hydrogens is 274 g/mol. The summed E-state index contributed by atoms with van der Waals surface area (Å²) in [6.45, 7) is 5.57. The van der Waals surface area contributed by atoms with Gasteiger partial charge in [-0.15, -0.1) is 11.8 Å². The topological polar surface area (TPSA) is 57.6 Å². The quantitative estimate of drug-likeness (QED) is 0.929. The molecule has 1 amide bonds. The average molecular weight is 293 g/mol. The summed E-state index contributed by atoms with van der Waals surface area (Å²) in [7, 11) is 0. The summed E-state index contributed by atoms with van der Waals surface area (Å²) < 4.78 is 0. The highest BCUT2D eigenvalue weighted by Gasteiger charge is 2.45. The van der Waals surface area contributed by atoms with Crippen LogP contribution in [0.15, 0.2) is 30.3 Å². The first-order chi connectivity index (χ1) is 9.35. The fourth-order valence-corrected chi connectivity index (χ4v) is 3.61. The zero-order valence-corrected chi connectivity index (χ0v) is 12.7. The highest BCUT2D eigenvalue weighted by molar-refractivity contribution is 8.00. The second-order valence-corrected chi connectivity index (χ2v) is 6.84. The van der Waals surface area contributed by atoms with Crippen LogP contribution in [0.25, 0.3) is 0 Å². The molecule has 1 aliphatic rings. The first-order valence-corrected chi connectivity index (χ1v) is 7.63. The second kappa shape index (κ2) is 5.48. The van der Waals surface area contributed by atoms with Crippen molar-refractivity contribution in [3.63, 3.8) is 0 Å². The van der Waals surface area contributed by atoms with Gasteiger partial charge in [-0.2, -0.15) is 0 Å². The van der Waals surface area contributed by atoms with E-state index in [-0.39, 0.29) is 11.3 Å². The van der Waals surface area contributed by atoms with Gasteiger partial charge in [0.05, 0.1) is 10.8 Å². The minimum Gasteiger partial charge on any atom is -0.480 e. The minimum absolute atomic E-state index is 0.105. The molecule has 2 unspecified atom stereocenters. The number of aliphatic carboxylic acids is 1. The van der Waals surface area contributed by atoms with Gasteiger partial charge in [0.2, 0.25) is 5.91 Å². The van der Waals surface area contributed by atoms with E-state index in [2.05, 4.69) is 0 Å². The summed E-state index contributed by atoms with van der Waals surface area (Å²) in [5.41, 5.74) is 0.173. The molecule has 1 aliphatic heterocycles. The smallest absolute Gasteiger partial charge is 0.327 e. The van der Waals surface area contributed by atoms with Gasteiger partial charge in [-0.3, -0.25) is 4.79 Å². The molecule has 0 aliphatic carbocycles. The monoisotopic (exact) mass is 293 g/mol. The van der Waals surface area contributed by atoms with Gasteiger partial charge in [0.15, 0.2) is 0 Å². The first-order valence-electron chi connectivity index (χ1n) is 6.58. The van der Waals surface area contributed by atoms with E-state index in [0.29, 0.717) is 5.75 Å². The third-order valence-electron chi connectivity index (χ3n) is 3.77. The van der Waals surface area contributed by atoms with Crippen molar-refractivity contribution in [1.82, 2.24) is 4.90 Å². The second-order valence-electron chi connectivity index (χ2n) is 5.49. The highest BCUT2D eigenvalue weighted by Crippen LogP contribution is 2.34. The molecule has 0 spiro atoms.